The second-order valence-electron chi connectivity index (χ2n) is 4.29. The molecule has 0 fully saturated rings. The summed E-state index contributed by atoms with van der Waals surface area (Å²) in [6.07, 6.45) is 0.172. The summed E-state index contributed by atoms with van der Waals surface area (Å²) < 4.78 is 10.6. The minimum absolute atomic E-state index is 0.0309. The molecule has 2 unspecified atom stereocenters. The smallest absolute Gasteiger partial charge is 0.250 e. The van der Waals surface area contributed by atoms with Gasteiger partial charge in [0, 0.05) is 13.7 Å². The number of methoxy groups -OCH3 is 1. The minimum atomic E-state index is -0.595. The third-order valence-corrected chi connectivity index (χ3v) is 3.02. The van der Waals surface area contributed by atoms with E-state index in [9.17, 15) is 4.79 Å². The summed E-state index contributed by atoms with van der Waals surface area (Å²) in [7, 11) is 1.48. The molecule has 0 saturated carbocycles. The summed E-state index contributed by atoms with van der Waals surface area (Å²) >= 11 is 0. The summed E-state index contributed by atoms with van der Waals surface area (Å²) in [6.45, 7) is 0.649. The number of fused-ring (bicyclic) bond motifs is 1. The van der Waals surface area contributed by atoms with Crippen molar-refractivity contribution < 1.29 is 14.3 Å². The average molecular weight is 250 g/mol. The first kappa shape index (κ1) is 12.9. The van der Waals surface area contributed by atoms with E-state index < -0.39 is 6.10 Å². The molecule has 1 amide bonds. The Bertz CT molecular complexity index is 418. The lowest BCUT2D eigenvalue weighted by Crippen LogP contribution is -2.49. The maximum Gasteiger partial charge on any atom is 0.250 e. The number of nitrogens with two attached hydrogens (primary N) is 1. The molecule has 5 nitrogen and oxygen atoms in total. The maximum absolute atomic E-state index is 11.8. The first-order chi connectivity index (χ1) is 8.74. The van der Waals surface area contributed by atoms with Gasteiger partial charge in [-0.15, -0.1) is 0 Å². The van der Waals surface area contributed by atoms with Crippen LogP contribution in [0.2, 0.25) is 0 Å². The molecule has 0 radical (unpaired) electrons. The van der Waals surface area contributed by atoms with Crippen LogP contribution >= 0.6 is 0 Å². The van der Waals surface area contributed by atoms with E-state index in [-0.39, 0.29) is 18.5 Å². The van der Waals surface area contributed by atoms with Crippen LogP contribution in [-0.2, 0) is 16.0 Å². The highest BCUT2D eigenvalue weighted by Crippen LogP contribution is 2.23. The zero-order chi connectivity index (χ0) is 13.0. The molecule has 1 aliphatic heterocycles. The van der Waals surface area contributed by atoms with Gasteiger partial charge in [0.15, 0.2) is 0 Å². The summed E-state index contributed by atoms with van der Waals surface area (Å²) in [5.74, 6) is 0.707. The number of carbonyl (C=O) groups excluding carboxylic acids is 1. The molecular weight excluding hydrogens is 232 g/mol. The molecule has 98 valence electrons. The number of hydrogen-bond donors (Lipinski definition) is 2. The van der Waals surface area contributed by atoms with Gasteiger partial charge in [0.1, 0.15) is 18.5 Å². The van der Waals surface area contributed by atoms with Gasteiger partial charge in [0.25, 0.3) is 5.91 Å². The lowest BCUT2D eigenvalue weighted by molar-refractivity contribution is -0.131. The Morgan fingerprint density at radius 3 is 3.11 bits per heavy atom. The van der Waals surface area contributed by atoms with Crippen molar-refractivity contribution in [3.63, 3.8) is 0 Å². The van der Waals surface area contributed by atoms with Gasteiger partial charge in [-0.2, -0.15) is 0 Å². The standard InChI is InChI=1S/C13H18N2O3/c1-17-12(7-14)13(16)15-10-6-9-4-2-3-5-11(9)18-8-10/h2-5,10,12H,6-8,14H2,1H3,(H,15,16). The third-order valence-electron chi connectivity index (χ3n) is 3.02. The quantitative estimate of drug-likeness (QED) is 0.793. The number of para-hydroxylation sites is 1. The van der Waals surface area contributed by atoms with Crippen LogP contribution in [0.4, 0.5) is 0 Å². The Kier molecular flexibility index (Phi) is 4.17. The predicted molar refractivity (Wildman–Crippen MR) is 67.4 cm³/mol. The fourth-order valence-corrected chi connectivity index (χ4v) is 2.03. The molecular formula is C13H18N2O3. The molecule has 3 N–H and O–H groups in total. The SMILES string of the molecule is COC(CN)C(=O)NC1COc2ccccc2C1. The molecule has 0 aliphatic carbocycles. The van der Waals surface area contributed by atoms with E-state index in [0.29, 0.717) is 6.61 Å². The van der Waals surface area contributed by atoms with E-state index in [1.807, 2.05) is 24.3 Å². The number of carbonyl (C=O) groups is 1. The van der Waals surface area contributed by atoms with E-state index in [4.69, 9.17) is 15.2 Å². The molecule has 1 aromatic rings. The van der Waals surface area contributed by atoms with Crippen LogP contribution in [0, 0.1) is 0 Å². The zero-order valence-corrected chi connectivity index (χ0v) is 10.4. The van der Waals surface area contributed by atoms with E-state index in [1.165, 1.54) is 7.11 Å². The van der Waals surface area contributed by atoms with Crippen LogP contribution in [0.25, 0.3) is 0 Å². The molecule has 5 heteroatoms. The molecule has 0 bridgehead atoms. The molecule has 2 atom stereocenters. The molecule has 18 heavy (non-hydrogen) atoms. The van der Waals surface area contributed by atoms with Crippen LogP contribution < -0.4 is 15.8 Å². The second-order valence-corrected chi connectivity index (χ2v) is 4.29. The van der Waals surface area contributed by atoms with E-state index >= 15 is 0 Å². The van der Waals surface area contributed by atoms with Crippen molar-refractivity contribution in [3.05, 3.63) is 29.8 Å². The van der Waals surface area contributed by atoms with Gasteiger partial charge in [0.05, 0.1) is 6.04 Å². The zero-order valence-electron chi connectivity index (χ0n) is 10.4. The third kappa shape index (κ3) is 2.80. The van der Waals surface area contributed by atoms with Crippen molar-refractivity contribution in [2.45, 2.75) is 18.6 Å². The molecule has 2 rings (SSSR count). The summed E-state index contributed by atoms with van der Waals surface area (Å²) in [6, 6.07) is 7.81. The van der Waals surface area contributed by atoms with Crippen LogP contribution in [0.1, 0.15) is 5.56 Å². The molecule has 1 aliphatic rings. The summed E-state index contributed by atoms with van der Waals surface area (Å²) in [4.78, 5) is 11.8. The van der Waals surface area contributed by atoms with Gasteiger partial charge < -0.3 is 20.5 Å². The number of ether oxygens (including phenoxy) is 2. The fraction of sp³-hybridized carbons (Fsp3) is 0.462. The number of nitrogens with one attached hydrogen (secondary N) is 1. The minimum Gasteiger partial charge on any atom is -0.491 e. The van der Waals surface area contributed by atoms with Gasteiger partial charge in [0.2, 0.25) is 0 Å². The van der Waals surface area contributed by atoms with Gasteiger partial charge in [-0.05, 0) is 18.1 Å². The Morgan fingerprint density at radius 1 is 1.61 bits per heavy atom. The van der Waals surface area contributed by atoms with Gasteiger partial charge in [-0.3, -0.25) is 4.79 Å². The molecule has 1 heterocycles. The Balaban J connectivity index is 1.95. The van der Waals surface area contributed by atoms with Crippen molar-refractivity contribution in [1.82, 2.24) is 5.32 Å². The number of hydrogen-bond acceptors (Lipinski definition) is 4. The van der Waals surface area contributed by atoms with Gasteiger partial charge >= 0.3 is 0 Å². The molecule has 0 spiro atoms. The van der Waals surface area contributed by atoms with Crippen LogP contribution in [-0.4, -0.2) is 38.3 Å². The lowest BCUT2D eigenvalue weighted by atomic mass is 10.0. The van der Waals surface area contributed by atoms with Crippen LogP contribution in [0.5, 0.6) is 5.75 Å². The largest absolute Gasteiger partial charge is 0.491 e. The van der Waals surface area contributed by atoms with E-state index in [0.717, 1.165) is 17.7 Å². The maximum atomic E-state index is 11.8. The number of benzene rings is 1. The first-order valence-electron chi connectivity index (χ1n) is 5.98. The van der Waals surface area contributed by atoms with Gasteiger partial charge in [-0.25, -0.2) is 0 Å². The summed E-state index contributed by atoms with van der Waals surface area (Å²) in [5, 5.41) is 2.89. The topological polar surface area (TPSA) is 73.6 Å². The highest BCUT2D eigenvalue weighted by Gasteiger charge is 2.24. The second kappa shape index (κ2) is 5.84. The number of rotatable bonds is 4. The Morgan fingerprint density at radius 2 is 2.39 bits per heavy atom. The van der Waals surface area contributed by atoms with E-state index in [1.54, 1.807) is 0 Å². The fourth-order valence-electron chi connectivity index (χ4n) is 2.03. The highest BCUT2D eigenvalue weighted by atomic mass is 16.5. The number of amides is 1. The first-order valence-corrected chi connectivity index (χ1v) is 5.98. The summed E-state index contributed by atoms with van der Waals surface area (Å²) in [5.41, 5.74) is 6.56. The molecule has 0 aromatic heterocycles. The van der Waals surface area contributed by atoms with Crippen molar-refractivity contribution >= 4 is 5.91 Å². The highest BCUT2D eigenvalue weighted by molar-refractivity contribution is 5.81. The normalized spacial score (nSPS) is 19.6. The van der Waals surface area contributed by atoms with E-state index in [2.05, 4.69) is 5.32 Å². The van der Waals surface area contributed by atoms with Crippen molar-refractivity contribution in [2.24, 2.45) is 5.73 Å². The van der Waals surface area contributed by atoms with Crippen LogP contribution in [0.3, 0.4) is 0 Å². The van der Waals surface area contributed by atoms with Crippen LogP contribution in [0.15, 0.2) is 24.3 Å². The van der Waals surface area contributed by atoms with Crippen molar-refractivity contribution in [1.29, 1.82) is 0 Å². The molecule has 0 saturated heterocycles. The predicted octanol–water partition coefficient (Wildman–Crippen LogP) is 0.0800. The average Bonchev–Trinajstić information content (AvgIpc) is 2.40. The molecule has 1 aromatic carbocycles. The van der Waals surface area contributed by atoms with Crippen molar-refractivity contribution in [2.75, 3.05) is 20.3 Å². The van der Waals surface area contributed by atoms with Gasteiger partial charge in [-0.1, -0.05) is 18.2 Å². The Hall–Kier alpha value is -1.59. The Labute approximate surface area is 106 Å². The lowest BCUT2D eigenvalue weighted by Gasteiger charge is -2.27. The van der Waals surface area contributed by atoms with Crippen molar-refractivity contribution in [3.8, 4) is 5.75 Å². The monoisotopic (exact) mass is 250 g/mol.